The molecule has 0 spiro atoms. The smallest absolute Gasteiger partial charge is 0.262 e. The van der Waals surface area contributed by atoms with Crippen molar-refractivity contribution in [1.82, 2.24) is 10.3 Å². The van der Waals surface area contributed by atoms with E-state index < -0.39 is 0 Å². The lowest BCUT2D eigenvalue weighted by Gasteiger charge is -2.22. The van der Waals surface area contributed by atoms with Crippen molar-refractivity contribution in [3.05, 3.63) is 46.0 Å². The Balaban J connectivity index is 1.81. The van der Waals surface area contributed by atoms with E-state index in [1.54, 1.807) is 10.3 Å². The molecular formula is C23H26N4O2S. The summed E-state index contributed by atoms with van der Waals surface area (Å²) >= 11 is 1.30. The summed E-state index contributed by atoms with van der Waals surface area (Å²) in [5.41, 5.74) is 3.48. The fraction of sp³-hybridized carbons (Fsp3) is 0.391. The number of anilines is 2. The highest BCUT2D eigenvalue weighted by Gasteiger charge is 2.20. The van der Waals surface area contributed by atoms with Crippen molar-refractivity contribution >= 4 is 40.0 Å². The Morgan fingerprint density at radius 3 is 2.60 bits per heavy atom. The number of amides is 2. The molecule has 3 rings (SSSR count). The van der Waals surface area contributed by atoms with E-state index in [9.17, 15) is 14.9 Å². The highest BCUT2D eigenvalue weighted by Crippen LogP contribution is 2.30. The van der Waals surface area contributed by atoms with Crippen LogP contribution in [0.15, 0.2) is 29.2 Å². The van der Waals surface area contributed by atoms with Gasteiger partial charge in [-0.05, 0) is 56.0 Å². The number of aromatic nitrogens is 1. The van der Waals surface area contributed by atoms with E-state index in [1.807, 2.05) is 38.1 Å². The molecule has 0 bridgehead atoms. The maximum atomic E-state index is 12.5. The number of thiazole rings is 1. The van der Waals surface area contributed by atoms with Crippen molar-refractivity contribution in [3.63, 3.8) is 0 Å². The van der Waals surface area contributed by atoms with Crippen molar-refractivity contribution in [2.45, 2.75) is 58.9 Å². The number of nitriles is 1. The molecule has 1 aliphatic rings. The zero-order valence-electron chi connectivity index (χ0n) is 17.6. The molecule has 0 atom stereocenters. The number of hydrogen-bond acceptors (Lipinski definition) is 5. The van der Waals surface area contributed by atoms with Crippen molar-refractivity contribution in [1.29, 1.82) is 5.26 Å². The third kappa shape index (κ3) is 5.14. The van der Waals surface area contributed by atoms with Crippen LogP contribution in [0.3, 0.4) is 0 Å². The normalized spacial score (nSPS) is 14.8. The van der Waals surface area contributed by atoms with E-state index >= 15 is 0 Å². The lowest BCUT2D eigenvalue weighted by molar-refractivity contribution is -0.118. The molecule has 1 fully saturated rings. The van der Waals surface area contributed by atoms with Crippen molar-refractivity contribution in [2.24, 2.45) is 0 Å². The van der Waals surface area contributed by atoms with Gasteiger partial charge in [-0.1, -0.05) is 25.3 Å². The first kappa shape index (κ1) is 21.7. The lowest BCUT2D eigenvalue weighted by atomic mass is 9.95. The third-order valence-corrected chi connectivity index (χ3v) is 6.21. The van der Waals surface area contributed by atoms with E-state index in [2.05, 4.69) is 10.3 Å². The highest BCUT2D eigenvalue weighted by molar-refractivity contribution is 7.14. The average Bonchev–Trinajstić information content (AvgIpc) is 3.17. The molecule has 0 aliphatic heterocycles. The van der Waals surface area contributed by atoms with Gasteiger partial charge in [0.15, 0.2) is 5.13 Å². The van der Waals surface area contributed by atoms with Gasteiger partial charge in [-0.25, -0.2) is 4.98 Å². The number of aryl methyl sites for hydroxylation is 2. The maximum Gasteiger partial charge on any atom is 0.262 e. The topological polar surface area (TPSA) is 86.1 Å². The van der Waals surface area contributed by atoms with Gasteiger partial charge in [-0.3, -0.25) is 14.5 Å². The lowest BCUT2D eigenvalue weighted by Crippen LogP contribution is -2.36. The van der Waals surface area contributed by atoms with E-state index in [4.69, 9.17) is 0 Å². The third-order valence-electron chi connectivity index (χ3n) is 5.36. The largest absolute Gasteiger partial charge is 0.349 e. The molecule has 30 heavy (non-hydrogen) atoms. The van der Waals surface area contributed by atoms with E-state index in [-0.39, 0.29) is 23.4 Å². The Morgan fingerprint density at radius 2 is 1.97 bits per heavy atom. The molecule has 2 aromatic rings. The molecule has 7 heteroatoms. The van der Waals surface area contributed by atoms with Crippen LogP contribution < -0.4 is 10.2 Å². The van der Waals surface area contributed by atoms with Crippen molar-refractivity contribution < 1.29 is 9.59 Å². The van der Waals surface area contributed by atoms with Crippen LogP contribution in [-0.2, 0) is 9.59 Å². The van der Waals surface area contributed by atoms with Gasteiger partial charge in [0.2, 0.25) is 5.91 Å². The summed E-state index contributed by atoms with van der Waals surface area (Å²) in [6.07, 6.45) is 6.79. The Hall–Kier alpha value is -2.98. The number of nitrogens with one attached hydrogen (secondary N) is 1. The molecule has 2 amide bonds. The van der Waals surface area contributed by atoms with E-state index in [0.29, 0.717) is 10.8 Å². The summed E-state index contributed by atoms with van der Waals surface area (Å²) in [7, 11) is 0. The minimum atomic E-state index is -0.364. The highest BCUT2D eigenvalue weighted by atomic mass is 32.1. The molecule has 0 unspecified atom stereocenters. The molecule has 1 aromatic heterocycles. The SMILES string of the molecule is CC(=O)N(c1ccc(C)c(C)c1)c1nc(/C=C(\C#N)C(=O)NC2CCCCC2)cs1. The molecule has 1 aromatic carbocycles. The summed E-state index contributed by atoms with van der Waals surface area (Å²) in [5.74, 6) is -0.518. The number of carbonyl (C=O) groups excluding carboxylic acids is 2. The van der Waals surface area contributed by atoms with Crippen LogP contribution in [0.25, 0.3) is 6.08 Å². The van der Waals surface area contributed by atoms with Crippen LogP contribution in [0, 0.1) is 25.2 Å². The molecule has 0 saturated heterocycles. The second-order valence-corrected chi connectivity index (χ2v) is 8.49. The average molecular weight is 423 g/mol. The zero-order chi connectivity index (χ0) is 21.7. The minimum absolute atomic E-state index is 0.0259. The van der Waals surface area contributed by atoms with Gasteiger partial charge in [0.1, 0.15) is 11.6 Å². The van der Waals surface area contributed by atoms with E-state index in [0.717, 1.165) is 42.5 Å². The van der Waals surface area contributed by atoms with Crippen LogP contribution in [0.4, 0.5) is 10.8 Å². The molecule has 0 radical (unpaired) electrons. The molecule has 6 nitrogen and oxygen atoms in total. The number of rotatable bonds is 5. The van der Waals surface area contributed by atoms with Crippen molar-refractivity contribution in [2.75, 3.05) is 4.90 Å². The van der Waals surface area contributed by atoms with Crippen LogP contribution in [0.1, 0.15) is 55.8 Å². The number of nitrogens with zero attached hydrogens (tertiary/aromatic N) is 3. The molecular weight excluding hydrogens is 396 g/mol. The van der Waals surface area contributed by atoms with Gasteiger partial charge in [-0.15, -0.1) is 11.3 Å². The number of carbonyl (C=O) groups is 2. The summed E-state index contributed by atoms with van der Waals surface area (Å²) in [6.45, 7) is 5.51. The summed E-state index contributed by atoms with van der Waals surface area (Å²) < 4.78 is 0. The van der Waals surface area contributed by atoms with Gasteiger partial charge in [0, 0.05) is 18.3 Å². The van der Waals surface area contributed by atoms with Crippen molar-refractivity contribution in [3.8, 4) is 6.07 Å². The molecule has 1 aliphatic carbocycles. The zero-order valence-corrected chi connectivity index (χ0v) is 18.4. The Kier molecular flexibility index (Phi) is 7.01. The molecule has 1 heterocycles. The standard InChI is InChI=1S/C23H26N4O2S/c1-15-9-10-21(11-16(15)2)27(17(3)28)23-26-20(14-30-23)12-18(13-24)22(29)25-19-7-5-4-6-8-19/h9-12,14,19H,4-8H2,1-3H3,(H,25,29)/b18-12+. The maximum absolute atomic E-state index is 12.5. The second-order valence-electron chi connectivity index (χ2n) is 7.66. The van der Waals surface area contributed by atoms with Gasteiger partial charge < -0.3 is 5.32 Å². The van der Waals surface area contributed by atoms with Crippen LogP contribution in [0.2, 0.25) is 0 Å². The van der Waals surface area contributed by atoms with Crippen LogP contribution in [-0.4, -0.2) is 22.8 Å². The Bertz CT molecular complexity index is 1010. The number of benzene rings is 1. The van der Waals surface area contributed by atoms with E-state index in [1.165, 1.54) is 30.8 Å². The Morgan fingerprint density at radius 1 is 1.23 bits per heavy atom. The first-order valence-corrected chi connectivity index (χ1v) is 11.0. The van der Waals surface area contributed by atoms with Crippen LogP contribution in [0.5, 0.6) is 0 Å². The molecule has 1 saturated carbocycles. The second kappa shape index (κ2) is 9.68. The predicted octanol–water partition coefficient (Wildman–Crippen LogP) is 4.80. The minimum Gasteiger partial charge on any atom is -0.349 e. The van der Waals surface area contributed by atoms with Gasteiger partial charge in [0.25, 0.3) is 5.91 Å². The predicted molar refractivity (Wildman–Crippen MR) is 119 cm³/mol. The van der Waals surface area contributed by atoms with Crippen LogP contribution >= 0.6 is 11.3 Å². The fourth-order valence-corrected chi connectivity index (χ4v) is 4.39. The summed E-state index contributed by atoms with van der Waals surface area (Å²) in [6, 6.07) is 7.92. The number of hydrogen-bond donors (Lipinski definition) is 1. The first-order chi connectivity index (χ1) is 14.4. The summed E-state index contributed by atoms with van der Waals surface area (Å²) in [5, 5.41) is 14.7. The molecule has 1 N–H and O–H groups in total. The van der Waals surface area contributed by atoms with Gasteiger partial charge in [-0.2, -0.15) is 5.26 Å². The van der Waals surface area contributed by atoms with Gasteiger partial charge in [0.05, 0.1) is 11.4 Å². The van der Waals surface area contributed by atoms with Gasteiger partial charge >= 0.3 is 0 Å². The monoisotopic (exact) mass is 422 g/mol. The first-order valence-electron chi connectivity index (χ1n) is 10.1. The molecule has 156 valence electrons. The summed E-state index contributed by atoms with van der Waals surface area (Å²) in [4.78, 5) is 30.9. The fourth-order valence-electron chi connectivity index (χ4n) is 3.54. The quantitative estimate of drug-likeness (QED) is 0.554. The Labute approximate surface area is 181 Å².